The van der Waals surface area contributed by atoms with Gasteiger partial charge in [0.1, 0.15) is 0 Å². The Morgan fingerprint density at radius 3 is 1.62 bits per heavy atom. The number of hydrogen-bond acceptors (Lipinski definition) is 3. The summed E-state index contributed by atoms with van der Waals surface area (Å²) < 4.78 is 0. The van der Waals surface area contributed by atoms with Crippen molar-refractivity contribution in [2.24, 2.45) is 5.73 Å². The Morgan fingerprint density at radius 2 is 1.19 bits per heavy atom. The van der Waals surface area contributed by atoms with Crippen LogP contribution < -0.4 is 5.73 Å². The van der Waals surface area contributed by atoms with Gasteiger partial charge in [0.2, 0.25) is 0 Å². The maximum atomic E-state index is 9.12. The number of nitrogens with two attached hydrogens (primary N) is 1. The summed E-state index contributed by atoms with van der Waals surface area (Å²) in [6, 6.07) is 5.85. The van der Waals surface area contributed by atoms with Crippen LogP contribution in [0.15, 0.2) is 0 Å². The standard InChI is InChI=1S/C17H39NO2Si/c1-4-21(5-2,6-3)14-12-10-8-7-9-11-13-17(18,15-19)16-20/h19-20H,4-16,18H2,1-3H3. The summed E-state index contributed by atoms with van der Waals surface area (Å²) in [6.07, 6.45) is 8.24. The molecular weight excluding hydrogens is 278 g/mol. The van der Waals surface area contributed by atoms with Crippen LogP contribution in [0.25, 0.3) is 0 Å². The molecule has 0 saturated heterocycles. The van der Waals surface area contributed by atoms with Crippen molar-refractivity contribution in [3.05, 3.63) is 0 Å². The average Bonchev–Trinajstić information content (AvgIpc) is 2.54. The van der Waals surface area contributed by atoms with E-state index in [0.29, 0.717) is 0 Å². The normalized spacial score (nSPS) is 12.9. The van der Waals surface area contributed by atoms with Crippen molar-refractivity contribution >= 4 is 8.07 Å². The van der Waals surface area contributed by atoms with E-state index >= 15 is 0 Å². The van der Waals surface area contributed by atoms with E-state index in [9.17, 15) is 0 Å². The largest absolute Gasteiger partial charge is 0.394 e. The molecule has 3 nitrogen and oxygen atoms in total. The first-order valence-corrected chi connectivity index (χ1v) is 11.8. The lowest BCUT2D eigenvalue weighted by Crippen LogP contribution is -2.47. The summed E-state index contributed by atoms with van der Waals surface area (Å²) in [6.45, 7) is 6.92. The minimum atomic E-state index is -0.900. The highest BCUT2D eigenvalue weighted by molar-refractivity contribution is 6.79. The number of rotatable bonds is 14. The van der Waals surface area contributed by atoms with Gasteiger partial charge in [-0.2, -0.15) is 0 Å². The fourth-order valence-electron chi connectivity index (χ4n) is 3.17. The molecule has 0 aliphatic rings. The molecule has 0 rings (SSSR count). The van der Waals surface area contributed by atoms with E-state index < -0.39 is 13.6 Å². The summed E-state index contributed by atoms with van der Waals surface area (Å²) in [5, 5.41) is 18.2. The van der Waals surface area contributed by atoms with Crippen LogP contribution >= 0.6 is 0 Å². The highest BCUT2D eigenvalue weighted by atomic mass is 28.3. The van der Waals surface area contributed by atoms with Gasteiger partial charge >= 0.3 is 0 Å². The van der Waals surface area contributed by atoms with Crippen LogP contribution in [0.5, 0.6) is 0 Å². The van der Waals surface area contributed by atoms with E-state index in [0.717, 1.165) is 19.3 Å². The maximum absolute atomic E-state index is 9.12. The molecule has 0 bridgehead atoms. The molecule has 0 spiro atoms. The predicted octanol–water partition coefficient (Wildman–Crippen LogP) is 3.91. The number of unbranched alkanes of at least 4 members (excludes halogenated alkanes) is 5. The van der Waals surface area contributed by atoms with Crippen molar-refractivity contribution in [2.75, 3.05) is 13.2 Å². The van der Waals surface area contributed by atoms with Crippen LogP contribution in [0.1, 0.15) is 65.7 Å². The van der Waals surface area contributed by atoms with E-state index in [1.165, 1.54) is 49.9 Å². The maximum Gasteiger partial charge on any atom is 0.0633 e. The van der Waals surface area contributed by atoms with Crippen molar-refractivity contribution in [3.63, 3.8) is 0 Å². The Kier molecular flexibility index (Phi) is 11.7. The summed E-state index contributed by atoms with van der Waals surface area (Å²) >= 11 is 0. The molecule has 4 heteroatoms. The van der Waals surface area contributed by atoms with Crippen LogP contribution in [0.2, 0.25) is 24.2 Å². The van der Waals surface area contributed by atoms with Gasteiger partial charge in [-0.1, -0.05) is 83.5 Å². The van der Waals surface area contributed by atoms with Gasteiger partial charge in [0, 0.05) is 0 Å². The molecule has 0 unspecified atom stereocenters. The molecule has 0 atom stereocenters. The molecule has 0 radical (unpaired) electrons. The first-order chi connectivity index (χ1) is 10.0. The third-order valence-corrected chi connectivity index (χ3v) is 11.4. The van der Waals surface area contributed by atoms with Gasteiger partial charge in [0.15, 0.2) is 0 Å². The summed E-state index contributed by atoms with van der Waals surface area (Å²) in [5.41, 5.74) is 5.09. The van der Waals surface area contributed by atoms with E-state index in [1.54, 1.807) is 0 Å². The molecule has 0 saturated carbocycles. The predicted molar refractivity (Wildman–Crippen MR) is 95.4 cm³/mol. The Morgan fingerprint density at radius 1 is 0.762 bits per heavy atom. The second kappa shape index (κ2) is 11.6. The van der Waals surface area contributed by atoms with Gasteiger partial charge in [0.05, 0.1) is 26.8 Å². The molecule has 4 N–H and O–H groups in total. The molecule has 0 amide bonds. The lowest BCUT2D eigenvalue weighted by Gasteiger charge is -2.28. The number of hydrogen-bond donors (Lipinski definition) is 3. The zero-order chi connectivity index (χ0) is 16.2. The zero-order valence-electron chi connectivity index (χ0n) is 14.7. The molecule has 0 fully saturated rings. The topological polar surface area (TPSA) is 66.5 Å². The molecular formula is C17H39NO2Si. The first kappa shape index (κ1) is 21.1. The highest BCUT2D eigenvalue weighted by Gasteiger charge is 2.25. The minimum Gasteiger partial charge on any atom is -0.394 e. The molecule has 0 heterocycles. The Bertz CT molecular complexity index is 233. The Balaban J connectivity index is 3.61. The van der Waals surface area contributed by atoms with E-state index in [2.05, 4.69) is 20.8 Å². The summed E-state index contributed by atoms with van der Waals surface area (Å²) in [5.74, 6) is 0. The van der Waals surface area contributed by atoms with E-state index in [-0.39, 0.29) is 13.2 Å². The Hall–Kier alpha value is 0.0969. The molecule has 21 heavy (non-hydrogen) atoms. The molecule has 128 valence electrons. The second-order valence-electron chi connectivity index (χ2n) is 6.86. The molecule has 0 aromatic heterocycles. The molecule has 0 aliphatic heterocycles. The lowest BCUT2D eigenvalue weighted by molar-refractivity contribution is 0.112. The van der Waals surface area contributed by atoms with Gasteiger partial charge in [-0.05, 0) is 6.42 Å². The third kappa shape index (κ3) is 8.34. The molecule has 0 aromatic carbocycles. The lowest BCUT2D eigenvalue weighted by atomic mass is 9.95. The average molecular weight is 318 g/mol. The fourth-order valence-corrected chi connectivity index (χ4v) is 6.73. The smallest absolute Gasteiger partial charge is 0.0633 e. The van der Waals surface area contributed by atoms with Crippen molar-refractivity contribution in [2.45, 2.75) is 95.4 Å². The highest BCUT2D eigenvalue weighted by Crippen LogP contribution is 2.27. The number of aliphatic hydroxyl groups is 2. The quantitative estimate of drug-likeness (QED) is 0.336. The van der Waals surface area contributed by atoms with Gasteiger partial charge in [-0.3, -0.25) is 0 Å². The van der Waals surface area contributed by atoms with Gasteiger partial charge < -0.3 is 15.9 Å². The van der Waals surface area contributed by atoms with E-state index in [1.807, 2.05) is 0 Å². The third-order valence-electron chi connectivity index (χ3n) is 5.51. The van der Waals surface area contributed by atoms with E-state index in [4.69, 9.17) is 15.9 Å². The fraction of sp³-hybridized carbons (Fsp3) is 1.00. The molecule has 0 aromatic rings. The SMILES string of the molecule is CC[Si](CC)(CC)CCCCCCCCC(N)(CO)CO. The molecule has 0 aliphatic carbocycles. The first-order valence-electron chi connectivity index (χ1n) is 9.02. The minimum absolute atomic E-state index is 0.124. The van der Waals surface area contributed by atoms with Crippen LogP contribution in [-0.4, -0.2) is 37.0 Å². The van der Waals surface area contributed by atoms with Gasteiger partial charge in [-0.15, -0.1) is 0 Å². The van der Waals surface area contributed by atoms with Crippen LogP contribution in [0.3, 0.4) is 0 Å². The van der Waals surface area contributed by atoms with Crippen molar-refractivity contribution in [3.8, 4) is 0 Å². The Labute approximate surface area is 133 Å². The zero-order valence-corrected chi connectivity index (χ0v) is 15.7. The van der Waals surface area contributed by atoms with Crippen molar-refractivity contribution in [1.29, 1.82) is 0 Å². The second-order valence-corrected chi connectivity index (χ2v) is 12.5. The van der Waals surface area contributed by atoms with Crippen LogP contribution in [0.4, 0.5) is 0 Å². The van der Waals surface area contributed by atoms with Crippen LogP contribution in [-0.2, 0) is 0 Å². The summed E-state index contributed by atoms with van der Waals surface area (Å²) in [7, 11) is -0.900. The number of aliphatic hydroxyl groups excluding tert-OH is 2. The van der Waals surface area contributed by atoms with Gasteiger partial charge in [0.25, 0.3) is 0 Å². The van der Waals surface area contributed by atoms with Crippen molar-refractivity contribution < 1.29 is 10.2 Å². The summed E-state index contributed by atoms with van der Waals surface area (Å²) in [4.78, 5) is 0. The monoisotopic (exact) mass is 317 g/mol. The van der Waals surface area contributed by atoms with Gasteiger partial charge in [-0.25, -0.2) is 0 Å². The van der Waals surface area contributed by atoms with Crippen LogP contribution in [0, 0.1) is 0 Å². The van der Waals surface area contributed by atoms with Crippen molar-refractivity contribution in [1.82, 2.24) is 0 Å².